The third kappa shape index (κ3) is 1.43. The van der Waals surface area contributed by atoms with Gasteiger partial charge in [-0.2, -0.15) is 0 Å². The van der Waals surface area contributed by atoms with Gasteiger partial charge in [-0.1, -0.05) is 19.3 Å². The minimum absolute atomic E-state index is 0.0253. The van der Waals surface area contributed by atoms with E-state index in [0.29, 0.717) is 0 Å². The number of amides is 2. The van der Waals surface area contributed by atoms with Crippen molar-refractivity contribution < 1.29 is 14.7 Å². The van der Waals surface area contributed by atoms with E-state index in [1.165, 1.54) is 6.42 Å². The van der Waals surface area contributed by atoms with Gasteiger partial charge in [-0.25, -0.2) is 0 Å². The van der Waals surface area contributed by atoms with E-state index >= 15 is 0 Å². The van der Waals surface area contributed by atoms with Gasteiger partial charge in [0.2, 0.25) is 5.91 Å². The van der Waals surface area contributed by atoms with E-state index < -0.39 is 11.5 Å². The Bertz CT molecular complexity index is 271. The molecule has 1 aliphatic carbocycles. The van der Waals surface area contributed by atoms with Crippen LogP contribution in [0, 0.1) is 5.92 Å². The fraction of sp³-hybridized carbons (Fsp3) is 0.800. The van der Waals surface area contributed by atoms with Crippen molar-refractivity contribution in [3.63, 3.8) is 0 Å². The van der Waals surface area contributed by atoms with Crippen LogP contribution in [0.2, 0.25) is 0 Å². The highest BCUT2D eigenvalue weighted by molar-refractivity contribution is 6.07. The number of rotatable bonds is 1. The molecule has 2 rings (SSSR count). The van der Waals surface area contributed by atoms with Gasteiger partial charge < -0.3 is 5.11 Å². The topological polar surface area (TPSA) is 66.4 Å². The molecule has 1 heterocycles. The Morgan fingerprint density at radius 3 is 2.36 bits per heavy atom. The van der Waals surface area contributed by atoms with E-state index in [1.807, 2.05) is 0 Å². The fourth-order valence-corrected chi connectivity index (χ4v) is 2.51. The van der Waals surface area contributed by atoms with Gasteiger partial charge in [0.25, 0.3) is 5.91 Å². The molecular weight excluding hydrogens is 182 g/mol. The number of hydrogen-bond donors (Lipinski definition) is 2. The second-order valence-electron chi connectivity index (χ2n) is 4.31. The lowest BCUT2D eigenvalue weighted by Gasteiger charge is -2.32. The smallest absolute Gasteiger partial charge is 0.259 e. The Morgan fingerprint density at radius 2 is 1.86 bits per heavy atom. The summed E-state index contributed by atoms with van der Waals surface area (Å²) in [4.78, 5) is 22.4. The van der Waals surface area contributed by atoms with E-state index in [0.717, 1.165) is 25.7 Å². The van der Waals surface area contributed by atoms with Crippen LogP contribution in [0.4, 0.5) is 0 Å². The molecule has 2 amide bonds. The van der Waals surface area contributed by atoms with E-state index in [4.69, 9.17) is 0 Å². The van der Waals surface area contributed by atoms with E-state index in [1.54, 1.807) is 0 Å². The molecule has 2 N–H and O–H groups in total. The number of imide groups is 1. The average molecular weight is 197 g/mol. The maximum Gasteiger partial charge on any atom is 0.259 e. The SMILES string of the molecule is O=C1CC(O)(C2CCCCC2)C(=O)N1. The lowest BCUT2D eigenvalue weighted by Crippen LogP contribution is -2.45. The average Bonchev–Trinajstić information content (AvgIpc) is 2.43. The van der Waals surface area contributed by atoms with Crippen LogP contribution in [0.5, 0.6) is 0 Å². The summed E-state index contributed by atoms with van der Waals surface area (Å²) in [6, 6.07) is 0. The van der Waals surface area contributed by atoms with Crippen LogP contribution in [0.1, 0.15) is 38.5 Å². The quantitative estimate of drug-likeness (QED) is 0.596. The van der Waals surface area contributed by atoms with Gasteiger partial charge in [-0.3, -0.25) is 14.9 Å². The normalized spacial score (nSPS) is 34.6. The Kier molecular flexibility index (Phi) is 2.31. The number of aliphatic hydroxyl groups is 1. The third-order valence-corrected chi connectivity index (χ3v) is 3.36. The summed E-state index contributed by atoms with van der Waals surface area (Å²) in [6.45, 7) is 0. The zero-order valence-electron chi connectivity index (χ0n) is 8.08. The lowest BCUT2D eigenvalue weighted by atomic mass is 9.76. The Balaban J connectivity index is 2.14. The first-order valence-corrected chi connectivity index (χ1v) is 5.19. The molecule has 2 fully saturated rings. The van der Waals surface area contributed by atoms with Crippen molar-refractivity contribution in [3.8, 4) is 0 Å². The standard InChI is InChI=1S/C10H15NO3/c12-8-6-10(14,9(13)11-8)7-4-2-1-3-5-7/h7,14H,1-6H2,(H,11,12,13). The van der Waals surface area contributed by atoms with E-state index in [2.05, 4.69) is 5.32 Å². The van der Waals surface area contributed by atoms with Crippen molar-refractivity contribution in [2.45, 2.75) is 44.1 Å². The number of carbonyl (C=O) groups is 2. The Labute approximate surface area is 82.7 Å². The summed E-state index contributed by atoms with van der Waals surface area (Å²) >= 11 is 0. The molecule has 0 aromatic rings. The molecule has 0 radical (unpaired) electrons. The molecule has 0 bridgehead atoms. The second-order valence-corrected chi connectivity index (χ2v) is 4.31. The minimum Gasteiger partial charge on any atom is -0.379 e. The Hall–Kier alpha value is -0.900. The van der Waals surface area contributed by atoms with Gasteiger partial charge >= 0.3 is 0 Å². The largest absolute Gasteiger partial charge is 0.379 e. The highest BCUT2D eigenvalue weighted by Crippen LogP contribution is 2.36. The second kappa shape index (κ2) is 3.35. The Morgan fingerprint density at radius 1 is 1.21 bits per heavy atom. The summed E-state index contributed by atoms with van der Waals surface area (Å²) < 4.78 is 0. The van der Waals surface area contributed by atoms with Crippen LogP contribution in [0.15, 0.2) is 0 Å². The molecule has 0 aromatic carbocycles. The third-order valence-electron chi connectivity index (χ3n) is 3.36. The molecule has 1 aliphatic heterocycles. The molecule has 4 heteroatoms. The molecule has 1 unspecified atom stereocenters. The highest BCUT2D eigenvalue weighted by atomic mass is 16.3. The maximum absolute atomic E-state index is 11.4. The van der Waals surface area contributed by atoms with E-state index in [9.17, 15) is 14.7 Å². The van der Waals surface area contributed by atoms with Crippen molar-refractivity contribution >= 4 is 11.8 Å². The molecule has 1 saturated carbocycles. The maximum atomic E-state index is 11.4. The minimum atomic E-state index is -1.41. The zero-order valence-corrected chi connectivity index (χ0v) is 8.08. The summed E-state index contributed by atoms with van der Waals surface area (Å²) in [5.74, 6) is -0.861. The van der Waals surface area contributed by atoms with Crippen molar-refractivity contribution in [1.29, 1.82) is 0 Å². The van der Waals surface area contributed by atoms with Crippen molar-refractivity contribution in [2.24, 2.45) is 5.92 Å². The molecule has 4 nitrogen and oxygen atoms in total. The van der Waals surface area contributed by atoms with Crippen LogP contribution < -0.4 is 5.32 Å². The molecule has 0 spiro atoms. The van der Waals surface area contributed by atoms with Crippen LogP contribution >= 0.6 is 0 Å². The van der Waals surface area contributed by atoms with Crippen LogP contribution in [0.3, 0.4) is 0 Å². The van der Waals surface area contributed by atoms with Gasteiger partial charge in [0.15, 0.2) is 5.60 Å². The number of carbonyl (C=O) groups excluding carboxylic acids is 2. The summed E-state index contributed by atoms with van der Waals surface area (Å²) in [5.41, 5.74) is -1.41. The zero-order chi connectivity index (χ0) is 10.2. The molecule has 78 valence electrons. The van der Waals surface area contributed by atoms with Gasteiger partial charge in [0.1, 0.15) is 0 Å². The van der Waals surface area contributed by atoms with Crippen LogP contribution in [-0.4, -0.2) is 22.5 Å². The predicted octanol–water partition coefficient (Wildman–Crippen LogP) is 0.344. The highest BCUT2D eigenvalue weighted by Gasteiger charge is 2.50. The summed E-state index contributed by atoms with van der Waals surface area (Å²) in [6.07, 6.45) is 4.94. The van der Waals surface area contributed by atoms with Gasteiger partial charge in [-0.15, -0.1) is 0 Å². The molecule has 1 saturated heterocycles. The van der Waals surface area contributed by atoms with Gasteiger partial charge in [0.05, 0.1) is 6.42 Å². The lowest BCUT2D eigenvalue weighted by molar-refractivity contribution is -0.141. The number of hydrogen-bond acceptors (Lipinski definition) is 3. The number of nitrogens with one attached hydrogen (secondary N) is 1. The van der Waals surface area contributed by atoms with Crippen LogP contribution in [-0.2, 0) is 9.59 Å². The van der Waals surface area contributed by atoms with E-state index in [-0.39, 0.29) is 18.2 Å². The fourth-order valence-electron chi connectivity index (χ4n) is 2.51. The molecule has 0 aromatic heterocycles. The first-order valence-electron chi connectivity index (χ1n) is 5.19. The molecular formula is C10H15NO3. The van der Waals surface area contributed by atoms with Crippen molar-refractivity contribution in [3.05, 3.63) is 0 Å². The monoisotopic (exact) mass is 197 g/mol. The van der Waals surface area contributed by atoms with Gasteiger partial charge in [-0.05, 0) is 18.8 Å². The first-order chi connectivity index (χ1) is 6.63. The van der Waals surface area contributed by atoms with Crippen molar-refractivity contribution in [1.82, 2.24) is 5.32 Å². The summed E-state index contributed by atoms with van der Waals surface area (Å²) in [7, 11) is 0. The summed E-state index contributed by atoms with van der Waals surface area (Å²) in [5, 5.41) is 12.3. The molecule has 1 atom stereocenters. The predicted molar refractivity (Wildman–Crippen MR) is 49.3 cm³/mol. The molecule has 2 aliphatic rings. The van der Waals surface area contributed by atoms with Crippen molar-refractivity contribution in [2.75, 3.05) is 0 Å². The van der Waals surface area contributed by atoms with Gasteiger partial charge in [0, 0.05) is 0 Å². The molecule has 14 heavy (non-hydrogen) atoms. The first kappa shape index (κ1) is 9.65. The van der Waals surface area contributed by atoms with Crippen LogP contribution in [0.25, 0.3) is 0 Å².